The molecule has 21 heavy (non-hydrogen) atoms. The van der Waals surface area contributed by atoms with E-state index in [0.29, 0.717) is 5.02 Å². The third kappa shape index (κ3) is 3.74. The third-order valence-electron chi connectivity index (χ3n) is 3.04. The Kier molecular flexibility index (Phi) is 4.82. The largest absolute Gasteiger partial charge is 0.480 e. The van der Waals surface area contributed by atoms with Gasteiger partial charge in [0, 0.05) is 36.1 Å². The van der Waals surface area contributed by atoms with Gasteiger partial charge in [0.2, 0.25) is 0 Å². The molecule has 0 aliphatic carbocycles. The van der Waals surface area contributed by atoms with Crippen molar-refractivity contribution < 1.29 is 19.4 Å². The first-order valence-corrected chi connectivity index (χ1v) is 6.70. The first-order chi connectivity index (χ1) is 10.0. The zero-order valence-electron chi connectivity index (χ0n) is 11.4. The lowest BCUT2D eigenvalue weighted by atomic mass is 10.2. The Hall–Kier alpha value is -2.05. The van der Waals surface area contributed by atoms with Gasteiger partial charge >= 0.3 is 5.97 Å². The number of benzene rings is 1. The van der Waals surface area contributed by atoms with Crippen LogP contribution in [-0.2, 0) is 9.53 Å². The lowest BCUT2D eigenvalue weighted by Gasteiger charge is -2.13. The number of H-pyrrole nitrogens is 1. The van der Waals surface area contributed by atoms with Crippen molar-refractivity contribution in [2.24, 2.45) is 0 Å². The van der Waals surface area contributed by atoms with E-state index in [1.807, 2.05) is 0 Å². The highest BCUT2D eigenvalue weighted by molar-refractivity contribution is 6.31. The fourth-order valence-electron chi connectivity index (χ4n) is 1.95. The van der Waals surface area contributed by atoms with Crippen molar-refractivity contribution in [2.45, 2.75) is 12.5 Å². The maximum Gasteiger partial charge on any atom is 0.326 e. The highest BCUT2D eigenvalue weighted by Gasteiger charge is 2.21. The molecule has 1 unspecified atom stereocenters. The van der Waals surface area contributed by atoms with Crippen LogP contribution in [0.3, 0.4) is 0 Å². The molecule has 1 heterocycles. The molecular weight excluding hydrogens is 296 g/mol. The molecule has 3 N–H and O–H groups in total. The predicted octanol–water partition coefficient (Wildman–Crippen LogP) is 2.04. The second kappa shape index (κ2) is 6.60. The minimum atomic E-state index is -1.10. The Balaban J connectivity index is 2.15. The van der Waals surface area contributed by atoms with Crippen LogP contribution in [-0.4, -0.2) is 41.7 Å². The number of carboxylic acids is 1. The molecule has 0 saturated carbocycles. The number of carboxylic acid groups (broad SMARTS) is 1. The number of amides is 1. The number of fused-ring (bicyclic) bond motifs is 1. The Labute approximate surface area is 126 Å². The first-order valence-electron chi connectivity index (χ1n) is 6.32. The summed E-state index contributed by atoms with van der Waals surface area (Å²) in [5.74, 6) is -1.58. The third-order valence-corrected chi connectivity index (χ3v) is 3.28. The van der Waals surface area contributed by atoms with Crippen molar-refractivity contribution in [1.29, 1.82) is 0 Å². The molecule has 0 fully saturated rings. The van der Waals surface area contributed by atoms with Gasteiger partial charge in [-0.2, -0.15) is 0 Å². The van der Waals surface area contributed by atoms with Crippen LogP contribution in [0.4, 0.5) is 0 Å². The normalized spacial score (nSPS) is 12.3. The number of nitrogens with one attached hydrogen (secondary N) is 2. The zero-order valence-corrected chi connectivity index (χ0v) is 12.1. The van der Waals surface area contributed by atoms with Crippen LogP contribution in [0.5, 0.6) is 0 Å². The number of ether oxygens (including phenoxy) is 1. The summed E-state index contributed by atoms with van der Waals surface area (Å²) in [4.78, 5) is 26.1. The summed E-state index contributed by atoms with van der Waals surface area (Å²) in [6.07, 6.45) is 0.198. The van der Waals surface area contributed by atoms with E-state index in [9.17, 15) is 9.59 Å². The van der Waals surface area contributed by atoms with Crippen molar-refractivity contribution in [3.8, 4) is 0 Å². The van der Waals surface area contributed by atoms with E-state index in [-0.39, 0.29) is 18.7 Å². The van der Waals surface area contributed by atoms with E-state index >= 15 is 0 Å². The van der Waals surface area contributed by atoms with Gasteiger partial charge in [0.15, 0.2) is 0 Å². The summed E-state index contributed by atoms with van der Waals surface area (Å²) in [6.45, 7) is 0.250. The zero-order chi connectivity index (χ0) is 15.4. The minimum Gasteiger partial charge on any atom is -0.480 e. The number of aromatic nitrogens is 1. The van der Waals surface area contributed by atoms with Gasteiger partial charge in [-0.3, -0.25) is 4.79 Å². The second-order valence-electron chi connectivity index (χ2n) is 4.56. The van der Waals surface area contributed by atoms with E-state index in [4.69, 9.17) is 21.4 Å². The van der Waals surface area contributed by atoms with Crippen molar-refractivity contribution >= 4 is 34.4 Å². The SMILES string of the molecule is COCCC(NC(=O)c1cc2ccc(Cl)cc2[nH]1)C(=O)O. The average molecular weight is 311 g/mol. The fraction of sp³-hybridized carbons (Fsp3) is 0.286. The summed E-state index contributed by atoms with van der Waals surface area (Å²) in [7, 11) is 1.47. The molecule has 2 rings (SSSR count). The van der Waals surface area contributed by atoms with E-state index in [1.165, 1.54) is 7.11 Å². The molecule has 1 amide bonds. The van der Waals surface area contributed by atoms with Crippen LogP contribution < -0.4 is 5.32 Å². The monoisotopic (exact) mass is 310 g/mol. The van der Waals surface area contributed by atoms with E-state index in [0.717, 1.165) is 10.9 Å². The molecule has 6 nitrogen and oxygen atoms in total. The lowest BCUT2D eigenvalue weighted by Crippen LogP contribution is -2.41. The molecule has 0 aliphatic rings. The molecule has 1 aromatic carbocycles. The number of hydrogen-bond donors (Lipinski definition) is 3. The number of halogens is 1. The van der Waals surface area contributed by atoms with Gasteiger partial charge in [-0.05, 0) is 18.2 Å². The molecule has 1 aromatic heterocycles. The molecule has 1 atom stereocenters. The first kappa shape index (κ1) is 15.3. The lowest BCUT2D eigenvalue weighted by molar-refractivity contribution is -0.139. The summed E-state index contributed by atoms with van der Waals surface area (Å²) >= 11 is 5.88. The minimum absolute atomic E-state index is 0.198. The molecule has 0 bridgehead atoms. The van der Waals surface area contributed by atoms with Gasteiger partial charge in [0.25, 0.3) is 5.91 Å². The fourth-order valence-corrected chi connectivity index (χ4v) is 2.12. The van der Waals surface area contributed by atoms with Gasteiger partial charge in [-0.25, -0.2) is 4.79 Å². The number of carbonyl (C=O) groups is 2. The second-order valence-corrected chi connectivity index (χ2v) is 5.00. The Morgan fingerprint density at radius 3 is 2.86 bits per heavy atom. The molecular formula is C14H15ClN2O4. The molecule has 0 aliphatic heterocycles. The van der Waals surface area contributed by atoms with Gasteiger partial charge in [0.05, 0.1) is 0 Å². The summed E-state index contributed by atoms with van der Waals surface area (Å²) in [5, 5.41) is 12.9. The molecule has 0 spiro atoms. The molecule has 2 aromatic rings. The van der Waals surface area contributed by atoms with Crippen molar-refractivity contribution in [3.63, 3.8) is 0 Å². The van der Waals surface area contributed by atoms with Crippen molar-refractivity contribution in [2.75, 3.05) is 13.7 Å². The quantitative estimate of drug-likeness (QED) is 0.761. The van der Waals surface area contributed by atoms with Gasteiger partial charge in [-0.1, -0.05) is 17.7 Å². The van der Waals surface area contributed by atoms with E-state index in [2.05, 4.69) is 10.3 Å². The smallest absolute Gasteiger partial charge is 0.326 e. The standard InChI is InChI=1S/C14H15ClN2O4/c1-21-5-4-10(14(19)20)17-13(18)12-6-8-2-3-9(15)7-11(8)16-12/h2-3,6-7,10,16H,4-5H2,1H3,(H,17,18)(H,19,20). The number of aromatic amines is 1. The van der Waals surface area contributed by atoms with Crippen molar-refractivity contribution in [3.05, 3.63) is 35.0 Å². The van der Waals surface area contributed by atoms with Crippen LogP contribution in [0.1, 0.15) is 16.9 Å². The number of hydrogen-bond acceptors (Lipinski definition) is 3. The average Bonchev–Trinajstić information content (AvgIpc) is 2.85. The maximum atomic E-state index is 12.1. The Morgan fingerprint density at radius 1 is 1.43 bits per heavy atom. The van der Waals surface area contributed by atoms with Crippen molar-refractivity contribution in [1.82, 2.24) is 10.3 Å². The van der Waals surface area contributed by atoms with Gasteiger partial charge < -0.3 is 20.1 Å². The van der Waals surface area contributed by atoms with Crippen LogP contribution in [0.15, 0.2) is 24.3 Å². The molecule has 0 radical (unpaired) electrons. The Morgan fingerprint density at radius 2 is 2.19 bits per heavy atom. The van der Waals surface area contributed by atoms with Crippen LogP contribution in [0.2, 0.25) is 5.02 Å². The topological polar surface area (TPSA) is 91.4 Å². The van der Waals surface area contributed by atoms with E-state index in [1.54, 1.807) is 24.3 Å². The van der Waals surface area contributed by atoms with E-state index < -0.39 is 17.9 Å². The maximum absolute atomic E-state index is 12.1. The number of carbonyl (C=O) groups excluding carboxylic acids is 1. The molecule has 112 valence electrons. The Bertz CT molecular complexity index is 668. The highest BCUT2D eigenvalue weighted by atomic mass is 35.5. The summed E-state index contributed by atoms with van der Waals surface area (Å²) in [5.41, 5.74) is 1.01. The van der Waals surface area contributed by atoms with Crippen LogP contribution in [0.25, 0.3) is 10.9 Å². The number of methoxy groups -OCH3 is 1. The van der Waals surface area contributed by atoms with Gasteiger partial charge in [-0.15, -0.1) is 0 Å². The summed E-state index contributed by atoms with van der Waals surface area (Å²) < 4.78 is 4.83. The number of rotatable bonds is 6. The molecule has 7 heteroatoms. The summed E-state index contributed by atoms with van der Waals surface area (Å²) in [6, 6.07) is 5.86. The van der Waals surface area contributed by atoms with Crippen LogP contribution >= 0.6 is 11.6 Å². The highest BCUT2D eigenvalue weighted by Crippen LogP contribution is 2.20. The van der Waals surface area contributed by atoms with Gasteiger partial charge in [0.1, 0.15) is 11.7 Å². The molecule has 0 saturated heterocycles. The van der Waals surface area contributed by atoms with Crippen LogP contribution in [0, 0.1) is 0 Å². The predicted molar refractivity (Wildman–Crippen MR) is 78.7 cm³/mol. The number of aliphatic carboxylic acids is 1.